The first-order valence-electron chi connectivity index (χ1n) is 7.60. The maximum Gasteiger partial charge on any atom is 0.357 e. The number of hydrogen-bond acceptors (Lipinski definition) is 6. The number of rotatable bonds is 6. The summed E-state index contributed by atoms with van der Waals surface area (Å²) in [5.41, 5.74) is 0.264. The summed E-state index contributed by atoms with van der Waals surface area (Å²) in [5, 5.41) is 0. The van der Waals surface area contributed by atoms with Crippen LogP contribution in [0.15, 0.2) is 12.4 Å². The van der Waals surface area contributed by atoms with E-state index in [0.29, 0.717) is 18.4 Å². The molecule has 2 atom stereocenters. The Kier molecular flexibility index (Phi) is 4.34. The lowest BCUT2D eigenvalue weighted by Crippen LogP contribution is -2.25. The molecule has 2 fully saturated rings. The highest BCUT2D eigenvalue weighted by molar-refractivity contribution is 5.87. The lowest BCUT2D eigenvalue weighted by molar-refractivity contribution is 0.0446. The minimum atomic E-state index is -0.392. The van der Waals surface area contributed by atoms with Crippen molar-refractivity contribution in [2.45, 2.75) is 32.3 Å². The molecule has 1 aromatic heterocycles. The van der Waals surface area contributed by atoms with Crippen molar-refractivity contribution in [2.24, 2.45) is 5.92 Å². The molecule has 0 amide bonds. The lowest BCUT2D eigenvalue weighted by Gasteiger charge is -2.14. The van der Waals surface area contributed by atoms with Crippen molar-refractivity contribution in [1.29, 1.82) is 0 Å². The van der Waals surface area contributed by atoms with Gasteiger partial charge in [-0.3, -0.25) is 4.90 Å². The molecule has 0 aromatic carbocycles. The third-order valence-corrected chi connectivity index (χ3v) is 4.00. The zero-order valence-electron chi connectivity index (χ0n) is 12.3. The van der Waals surface area contributed by atoms with Crippen molar-refractivity contribution in [1.82, 2.24) is 14.9 Å². The second-order valence-corrected chi connectivity index (χ2v) is 5.80. The van der Waals surface area contributed by atoms with Crippen LogP contribution in [0.1, 0.15) is 36.7 Å². The van der Waals surface area contributed by atoms with Gasteiger partial charge in [0.05, 0.1) is 0 Å². The fourth-order valence-electron chi connectivity index (χ4n) is 2.47. The SMILES string of the molecule is CC1CC1OC(=O)c1cc(OCCN2CCCC2)ncn1. The van der Waals surface area contributed by atoms with Crippen LogP contribution in [0.25, 0.3) is 0 Å². The number of hydrogen-bond donors (Lipinski definition) is 0. The first kappa shape index (κ1) is 14.3. The summed E-state index contributed by atoms with van der Waals surface area (Å²) in [6, 6.07) is 1.55. The van der Waals surface area contributed by atoms with Gasteiger partial charge in [-0.2, -0.15) is 0 Å². The molecule has 1 saturated carbocycles. The molecule has 0 bridgehead atoms. The number of carbonyl (C=O) groups is 1. The first-order valence-corrected chi connectivity index (χ1v) is 7.60. The van der Waals surface area contributed by atoms with Crippen LogP contribution in [-0.2, 0) is 4.74 Å². The van der Waals surface area contributed by atoms with Gasteiger partial charge < -0.3 is 9.47 Å². The van der Waals surface area contributed by atoms with Gasteiger partial charge in [-0.15, -0.1) is 0 Å². The minimum absolute atomic E-state index is 0.0481. The van der Waals surface area contributed by atoms with Crippen molar-refractivity contribution in [3.63, 3.8) is 0 Å². The van der Waals surface area contributed by atoms with Gasteiger partial charge in [0.2, 0.25) is 5.88 Å². The molecule has 2 aliphatic rings. The molecule has 2 heterocycles. The molecule has 114 valence electrons. The molecule has 0 radical (unpaired) electrons. The van der Waals surface area contributed by atoms with Crippen LogP contribution in [0.3, 0.4) is 0 Å². The first-order chi connectivity index (χ1) is 10.2. The smallest absolute Gasteiger partial charge is 0.357 e. The molecule has 2 unspecified atom stereocenters. The van der Waals surface area contributed by atoms with Gasteiger partial charge in [0, 0.05) is 12.6 Å². The zero-order chi connectivity index (χ0) is 14.7. The Morgan fingerprint density at radius 1 is 1.38 bits per heavy atom. The van der Waals surface area contributed by atoms with Crippen molar-refractivity contribution in [3.05, 3.63) is 18.1 Å². The molecule has 6 nitrogen and oxygen atoms in total. The normalized spacial score (nSPS) is 24.8. The van der Waals surface area contributed by atoms with E-state index >= 15 is 0 Å². The number of likely N-dealkylation sites (tertiary alicyclic amines) is 1. The van der Waals surface area contributed by atoms with E-state index in [-0.39, 0.29) is 11.8 Å². The summed E-state index contributed by atoms with van der Waals surface area (Å²) >= 11 is 0. The molecule has 1 saturated heterocycles. The minimum Gasteiger partial charge on any atom is -0.476 e. The average Bonchev–Trinajstić information content (AvgIpc) is 2.96. The topological polar surface area (TPSA) is 64.6 Å². The highest BCUT2D eigenvalue weighted by Crippen LogP contribution is 2.33. The fourth-order valence-corrected chi connectivity index (χ4v) is 2.47. The predicted molar refractivity (Wildman–Crippen MR) is 76.2 cm³/mol. The quantitative estimate of drug-likeness (QED) is 0.740. The molecule has 1 aliphatic carbocycles. The molecule has 1 aliphatic heterocycles. The van der Waals surface area contributed by atoms with Gasteiger partial charge in [0.15, 0.2) is 5.69 Å². The summed E-state index contributed by atoms with van der Waals surface area (Å²) in [6.45, 7) is 5.81. The Morgan fingerprint density at radius 2 is 2.14 bits per heavy atom. The maximum atomic E-state index is 11.9. The molecule has 6 heteroatoms. The number of aromatic nitrogens is 2. The molecule has 0 spiro atoms. The highest BCUT2D eigenvalue weighted by Gasteiger charge is 2.37. The Morgan fingerprint density at radius 3 is 2.86 bits per heavy atom. The third-order valence-electron chi connectivity index (χ3n) is 4.00. The van der Waals surface area contributed by atoms with E-state index in [2.05, 4.69) is 21.8 Å². The van der Waals surface area contributed by atoms with E-state index in [1.54, 1.807) is 6.07 Å². The van der Waals surface area contributed by atoms with Crippen LogP contribution in [0.5, 0.6) is 5.88 Å². The summed E-state index contributed by atoms with van der Waals surface area (Å²) in [4.78, 5) is 22.3. The number of carbonyl (C=O) groups excluding carboxylic acids is 1. The number of ether oxygens (including phenoxy) is 2. The molecule has 0 N–H and O–H groups in total. The maximum absolute atomic E-state index is 11.9. The summed E-state index contributed by atoms with van der Waals surface area (Å²) in [5.74, 6) is 0.503. The van der Waals surface area contributed by atoms with Crippen LogP contribution in [0, 0.1) is 5.92 Å². The van der Waals surface area contributed by atoms with E-state index in [1.165, 1.54) is 19.2 Å². The number of esters is 1. The van der Waals surface area contributed by atoms with Gasteiger partial charge >= 0.3 is 5.97 Å². The van der Waals surface area contributed by atoms with Crippen LogP contribution in [-0.4, -0.2) is 53.2 Å². The molecular formula is C15H21N3O3. The second kappa shape index (κ2) is 6.39. The van der Waals surface area contributed by atoms with E-state index < -0.39 is 5.97 Å². The molecule has 1 aromatic rings. The van der Waals surface area contributed by atoms with Gasteiger partial charge in [-0.25, -0.2) is 14.8 Å². The van der Waals surface area contributed by atoms with Gasteiger partial charge in [0.25, 0.3) is 0 Å². The third kappa shape index (κ3) is 3.91. The van der Waals surface area contributed by atoms with Crippen LogP contribution < -0.4 is 4.74 Å². The largest absolute Gasteiger partial charge is 0.476 e. The molecule has 3 rings (SSSR count). The van der Waals surface area contributed by atoms with Crippen molar-refractivity contribution >= 4 is 5.97 Å². The average molecular weight is 291 g/mol. The summed E-state index contributed by atoms with van der Waals surface area (Å²) in [7, 11) is 0. The van der Waals surface area contributed by atoms with Gasteiger partial charge in [0.1, 0.15) is 19.0 Å². The summed E-state index contributed by atoms with van der Waals surface area (Å²) < 4.78 is 10.9. The fraction of sp³-hybridized carbons (Fsp3) is 0.667. The van der Waals surface area contributed by atoms with Gasteiger partial charge in [-0.05, 0) is 38.3 Å². The second-order valence-electron chi connectivity index (χ2n) is 5.80. The zero-order valence-corrected chi connectivity index (χ0v) is 12.3. The van der Waals surface area contributed by atoms with Crippen molar-refractivity contribution in [3.8, 4) is 5.88 Å². The standard InChI is InChI=1S/C15H21N3O3/c1-11-8-13(11)21-15(19)12-9-14(17-10-16-12)20-7-6-18-4-2-3-5-18/h9-11,13H,2-8H2,1H3. The van der Waals surface area contributed by atoms with Crippen LogP contribution >= 0.6 is 0 Å². The van der Waals surface area contributed by atoms with E-state index in [0.717, 1.165) is 26.1 Å². The van der Waals surface area contributed by atoms with Crippen molar-refractivity contribution in [2.75, 3.05) is 26.2 Å². The Balaban J connectivity index is 1.49. The van der Waals surface area contributed by atoms with Gasteiger partial charge in [-0.1, -0.05) is 6.92 Å². The predicted octanol–water partition coefficient (Wildman–Crippen LogP) is 1.52. The van der Waals surface area contributed by atoms with Crippen LogP contribution in [0.4, 0.5) is 0 Å². The van der Waals surface area contributed by atoms with E-state index in [4.69, 9.17) is 9.47 Å². The Bertz CT molecular complexity index is 503. The Labute approximate surface area is 124 Å². The monoisotopic (exact) mass is 291 g/mol. The Hall–Kier alpha value is -1.69. The van der Waals surface area contributed by atoms with E-state index in [9.17, 15) is 4.79 Å². The molecule has 21 heavy (non-hydrogen) atoms. The van der Waals surface area contributed by atoms with Crippen molar-refractivity contribution < 1.29 is 14.3 Å². The van der Waals surface area contributed by atoms with Crippen LogP contribution in [0.2, 0.25) is 0 Å². The number of nitrogens with zero attached hydrogens (tertiary/aromatic N) is 3. The highest BCUT2D eigenvalue weighted by atomic mass is 16.5. The lowest BCUT2D eigenvalue weighted by atomic mass is 10.4. The summed E-state index contributed by atoms with van der Waals surface area (Å²) in [6.07, 6.45) is 4.87. The van der Waals surface area contributed by atoms with E-state index in [1.807, 2.05) is 0 Å². The molecular weight excluding hydrogens is 270 g/mol.